The van der Waals surface area contributed by atoms with E-state index in [2.05, 4.69) is 15.1 Å². The molecular weight excluding hydrogens is 442 g/mol. The first-order chi connectivity index (χ1) is 16.9. The number of hydrogen-bond donors (Lipinski definition) is 2. The van der Waals surface area contributed by atoms with E-state index >= 15 is 0 Å². The van der Waals surface area contributed by atoms with Crippen molar-refractivity contribution in [2.24, 2.45) is 5.10 Å². The maximum absolute atomic E-state index is 12.7. The number of amides is 1. The lowest BCUT2D eigenvalue weighted by Gasteiger charge is -2.11. The Kier molecular flexibility index (Phi) is 7.07. The highest BCUT2D eigenvalue weighted by molar-refractivity contribution is 5.95. The topological polar surface area (TPSA) is 92.9 Å². The summed E-state index contributed by atoms with van der Waals surface area (Å²) in [6, 6.07) is 25.3. The van der Waals surface area contributed by atoms with Crippen molar-refractivity contribution in [2.45, 2.75) is 20.5 Å². The van der Waals surface area contributed by atoms with Gasteiger partial charge in [0, 0.05) is 28.2 Å². The number of aryl methyl sites for hydroxylation is 2. The second-order valence-electron chi connectivity index (χ2n) is 8.03. The molecule has 0 saturated heterocycles. The summed E-state index contributed by atoms with van der Waals surface area (Å²) in [6.45, 7) is 4.31. The highest BCUT2D eigenvalue weighted by Gasteiger charge is 2.09. The van der Waals surface area contributed by atoms with E-state index in [-0.39, 0.29) is 18.1 Å². The van der Waals surface area contributed by atoms with Gasteiger partial charge in [0.1, 0.15) is 12.4 Å². The van der Waals surface area contributed by atoms with Crippen LogP contribution in [0.4, 0.5) is 0 Å². The van der Waals surface area contributed by atoms with Gasteiger partial charge < -0.3 is 14.4 Å². The first kappa shape index (κ1) is 23.5. The zero-order chi connectivity index (χ0) is 24.8. The summed E-state index contributed by atoms with van der Waals surface area (Å²) >= 11 is 0. The Morgan fingerprint density at radius 1 is 0.914 bits per heavy atom. The van der Waals surface area contributed by atoms with Crippen LogP contribution in [-0.2, 0) is 6.61 Å². The predicted molar refractivity (Wildman–Crippen MR) is 134 cm³/mol. The molecular formula is C28H25N3O4. The molecule has 176 valence electrons. The lowest BCUT2D eigenvalue weighted by atomic mass is 10.1. The summed E-state index contributed by atoms with van der Waals surface area (Å²) in [5.41, 5.74) is 7.93. The van der Waals surface area contributed by atoms with Crippen molar-refractivity contribution in [1.29, 1.82) is 0 Å². The van der Waals surface area contributed by atoms with Crippen molar-refractivity contribution in [3.05, 3.63) is 119 Å². The average molecular weight is 468 g/mol. The van der Waals surface area contributed by atoms with Gasteiger partial charge in [0.05, 0.1) is 11.8 Å². The molecule has 0 spiro atoms. The van der Waals surface area contributed by atoms with Crippen molar-refractivity contribution in [3.63, 3.8) is 0 Å². The van der Waals surface area contributed by atoms with Gasteiger partial charge in [-0.05, 0) is 74.0 Å². The number of nitrogens with one attached hydrogen (secondary N) is 1. The van der Waals surface area contributed by atoms with E-state index < -0.39 is 5.97 Å². The summed E-state index contributed by atoms with van der Waals surface area (Å²) in [4.78, 5) is 23.7. The number of benzene rings is 3. The number of nitrogens with zero attached hydrogens (tertiary/aromatic N) is 2. The Bertz CT molecular complexity index is 1370. The molecule has 0 saturated carbocycles. The third-order valence-electron chi connectivity index (χ3n) is 5.52. The van der Waals surface area contributed by atoms with Crippen molar-refractivity contribution < 1.29 is 19.4 Å². The van der Waals surface area contributed by atoms with Gasteiger partial charge in [0.25, 0.3) is 5.91 Å². The molecule has 0 bridgehead atoms. The highest BCUT2D eigenvalue weighted by Crippen LogP contribution is 2.19. The lowest BCUT2D eigenvalue weighted by molar-refractivity contribution is 0.0696. The number of rotatable bonds is 8. The molecule has 0 atom stereocenters. The lowest BCUT2D eigenvalue weighted by Crippen LogP contribution is -2.18. The third-order valence-corrected chi connectivity index (χ3v) is 5.52. The first-order valence-electron chi connectivity index (χ1n) is 11.1. The van der Waals surface area contributed by atoms with Crippen molar-refractivity contribution in [3.8, 4) is 11.4 Å². The van der Waals surface area contributed by atoms with Crippen LogP contribution in [-0.4, -0.2) is 27.8 Å². The van der Waals surface area contributed by atoms with E-state index in [4.69, 9.17) is 9.84 Å². The van der Waals surface area contributed by atoms with E-state index in [0.717, 1.165) is 22.6 Å². The Labute approximate surface area is 203 Å². The number of carbonyl (C=O) groups is 2. The van der Waals surface area contributed by atoms with Crippen LogP contribution in [0.5, 0.6) is 5.75 Å². The molecule has 1 heterocycles. The maximum atomic E-state index is 12.7. The SMILES string of the molecule is Cc1ccc(C)n1-c1cccc(C(=O)N/N=C\c2ccccc2OCc2ccc(C(=O)O)cc2)c1. The van der Waals surface area contributed by atoms with Gasteiger partial charge in [-0.3, -0.25) is 4.79 Å². The van der Waals surface area contributed by atoms with Crippen LogP contribution in [0, 0.1) is 13.8 Å². The van der Waals surface area contributed by atoms with Gasteiger partial charge in [0.2, 0.25) is 0 Å². The van der Waals surface area contributed by atoms with Gasteiger partial charge in [-0.2, -0.15) is 5.10 Å². The molecule has 0 radical (unpaired) electrons. The Hall–Kier alpha value is -4.65. The van der Waals surface area contributed by atoms with E-state index in [0.29, 0.717) is 16.9 Å². The van der Waals surface area contributed by atoms with E-state index in [1.807, 2.05) is 62.4 Å². The molecule has 1 aromatic heterocycles. The quantitative estimate of drug-likeness (QED) is 0.277. The molecule has 4 aromatic rings. The number of carbonyl (C=O) groups excluding carboxylic acids is 1. The summed E-state index contributed by atoms with van der Waals surface area (Å²) in [7, 11) is 0. The Balaban J connectivity index is 1.41. The predicted octanol–water partition coefficient (Wildman–Crippen LogP) is 5.14. The van der Waals surface area contributed by atoms with Gasteiger partial charge >= 0.3 is 5.97 Å². The number of aromatic carboxylic acids is 1. The summed E-state index contributed by atoms with van der Waals surface area (Å²) in [6.07, 6.45) is 1.53. The molecule has 0 aliphatic heterocycles. The summed E-state index contributed by atoms with van der Waals surface area (Å²) < 4.78 is 7.98. The zero-order valence-electron chi connectivity index (χ0n) is 19.4. The minimum Gasteiger partial charge on any atom is -0.488 e. The molecule has 2 N–H and O–H groups in total. The van der Waals surface area contributed by atoms with Crippen LogP contribution in [0.2, 0.25) is 0 Å². The monoisotopic (exact) mass is 467 g/mol. The van der Waals surface area contributed by atoms with Gasteiger partial charge in [-0.25, -0.2) is 10.2 Å². The first-order valence-corrected chi connectivity index (χ1v) is 11.1. The number of hydrazone groups is 1. The van der Waals surface area contributed by atoms with E-state index in [1.165, 1.54) is 18.3 Å². The molecule has 35 heavy (non-hydrogen) atoms. The number of carboxylic acids is 1. The van der Waals surface area contributed by atoms with Crippen LogP contribution >= 0.6 is 0 Å². The smallest absolute Gasteiger partial charge is 0.335 e. The van der Waals surface area contributed by atoms with Gasteiger partial charge in [0.15, 0.2) is 0 Å². The molecule has 7 nitrogen and oxygen atoms in total. The van der Waals surface area contributed by atoms with E-state index in [9.17, 15) is 9.59 Å². The minimum absolute atomic E-state index is 0.223. The van der Waals surface area contributed by atoms with Crippen LogP contribution in [0.25, 0.3) is 5.69 Å². The fourth-order valence-corrected chi connectivity index (χ4v) is 3.71. The molecule has 3 aromatic carbocycles. The number of carboxylic acid groups (broad SMARTS) is 1. The second-order valence-corrected chi connectivity index (χ2v) is 8.03. The largest absolute Gasteiger partial charge is 0.488 e. The maximum Gasteiger partial charge on any atom is 0.335 e. The summed E-state index contributed by atoms with van der Waals surface area (Å²) in [5.74, 6) is -0.696. The van der Waals surface area contributed by atoms with Crippen LogP contribution in [0.15, 0.2) is 90.0 Å². The van der Waals surface area contributed by atoms with E-state index in [1.54, 1.807) is 24.3 Å². The normalized spacial score (nSPS) is 10.9. The number of aromatic nitrogens is 1. The molecule has 4 rings (SSSR count). The second kappa shape index (κ2) is 10.5. The van der Waals surface area contributed by atoms with Crippen LogP contribution < -0.4 is 10.2 Å². The average Bonchev–Trinajstić information content (AvgIpc) is 3.21. The minimum atomic E-state index is -0.970. The molecule has 1 amide bonds. The number of para-hydroxylation sites is 1. The molecule has 7 heteroatoms. The van der Waals surface area contributed by atoms with Crippen molar-refractivity contribution >= 4 is 18.1 Å². The van der Waals surface area contributed by atoms with Crippen molar-refractivity contribution in [2.75, 3.05) is 0 Å². The molecule has 0 unspecified atom stereocenters. The van der Waals surface area contributed by atoms with Gasteiger partial charge in [-0.1, -0.05) is 30.3 Å². The van der Waals surface area contributed by atoms with Crippen LogP contribution in [0.1, 0.15) is 43.2 Å². The molecule has 0 aliphatic rings. The zero-order valence-corrected chi connectivity index (χ0v) is 19.4. The number of hydrogen-bond acceptors (Lipinski definition) is 4. The fourth-order valence-electron chi connectivity index (χ4n) is 3.71. The fraction of sp³-hybridized carbons (Fsp3) is 0.107. The number of ether oxygens (including phenoxy) is 1. The van der Waals surface area contributed by atoms with Gasteiger partial charge in [-0.15, -0.1) is 0 Å². The van der Waals surface area contributed by atoms with Crippen LogP contribution in [0.3, 0.4) is 0 Å². The standard InChI is InChI=1S/C28H25N3O4/c1-19-10-11-20(2)31(19)25-8-5-7-23(16-25)27(32)30-29-17-24-6-3-4-9-26(24)35-18-21-12-14-22(15-13-21)28(33)34/h3-17H,18H2,1-2H3,(H,30,32)(H,33,34)/b29-17-. The molecule has 0 fully saturated rings. The summed E-state index contributed by atoms with van der Waals surface area (Å²) in [5, 5.41) is 13.1. The highest BCUT2D eigenvalue weighted by atomic mass is 16.5. The Morgan fingerprint density at radius 2 is 1.63 bits per heavy atom. The van der Waals surface area contributed by atoms with Crippen molar-refractivity contribution in [1.82, 2.24) is 9.99 Å². The Morgan fingerprint density at radius 3 is 2.34 bits per heavy atom. The third kappa shape index (κ3) is 5.65. The molecule has 0 aliphatic carbocycles.